The van der Waals surface area contributed by atoms with Crippen LogP contribution in [0.2, 0.25) is 0 Å². The lowest BCUT2D eigenvalue weighted by molar-refractivity contribution is 0.0900. The highest BCUT2D eigenvalue weighted by Crippen LogP contribution is 2.53. The van der Waals surface area contributed by atoms with E-state index in [9.17, 15) is 15.8 Å². The highest BCUT2D eigenvalue weighted by molar-refractivity contribution is 6.00. The van der Waals surface area contributed by atoms with Crippen LogP contribution in [0.25, 0.3) is 0 Å². The van der Waals surface area contributed by atoms with Crippen LogP contribution in [0.4, 0.5) is 0 Å². The van der Waals surface area contributed by atoms with Gasteiger partial charge >= 0.3 is 0 Å². The Kier molecular flexibility index (Phi) is 3.52. The SMILES string of the molecule is Cc1ccc([C@@H]2[C@@H]3COCC=C3[C@@H](C#N)C(=N)C2(C#N)C#N)o1. The Balaban J connectivity index is 2.25. The quantitative estimate of drug-likeness (QED) is 0.799. The van der Waals surface area contributed by atoms with Crippen molar-refractivity contribution in [2.24, 2.45) is 17.3 Å². The number of hydrogen-bond donors (Lipinski definition) is 1. The molecule has 0 radical (unpaired) electrons. The van der Waals surface area contributed by atoms with Crippen LogP contribution in [0.1, 0.15) is 17.4 Å². The van der Waals surface area contributed by atoms with Gasteiger partial charge in [0.05, 0.1) is 43.1 Å². The summed E-state index contributed by atoms with van der Waals surface area (Å²) < 4.78 is 11.2. The van der Waals surface area contributed by atoms with E-state index in [0.717, 1.165) is 5.57 Å². The molecular formula is C17H14N4O2. The van der Waals surface area contributed by atoms with Gasteiger partial charge in [0, 0.05) is 5.92 Å². The van der Waals surface area contributed by atoms with Gasteiger partial charge in [-0.1, -0.05) is 6.08 Å². The second-order valence-corrected chi connectivity index (χ2v) is 5.78. The topological polar surface area (TPSA) is 118 Å². The van der Waals surface area contributed by atoms with Crippen LogP contribution in [0, 0.1) is 63.6 Å². The number of fused-ring (bicyclic) bond motifs is 1. The van der Waals surface area contributed by atoms with E-state index >= 15 is 0 Å². The maximum atomic E-state index is 9.73. The number of ether oxygens (including phenoxy) is 1. The van der Waals surface area contributed by atoms with Crippen molar-refractivity contribution in [2.75, 3.05) is 13.2 Å². The van der Waals surface area contributed by atoms with Crippen LogP contribution in [0.5, 0.6) is 0 Å². The van der Waals surface area contributed by atoms with Gasteiger partial charge in [-0.3, -0.25) is 0 Å². The van der Waals surface area contributed by atoms with Crippen LogP contribution < -0.4 is 0 Å². The van der Waals surface area contributed by atoms with E-state index in [0.29, 0.717) is 24.7 Å². The van der Waals surface area contributed by atoms with E-state index < -0.39 is 17.3 Å². The van der Waals surface area contributed by atoms with Crippen molar-refractivity contribution in [2.45, 2.75) is 12.8 Å². The summed E-state index contributed by atoms with van der Waals surface area (Å²) in [5.74, 6) is -0.702. The van der Waals surface area contributed by atoms with Crippen molar-refractivity contribution < 1.29 is 9.15 Å². The molecule has 23 heavy (non-hydrogen) atoms. The standard InChI is InChI=1S/C17H14N4O2/c1-10-2-3-14(23-10)15-13-7-22-5-4-11(13)12(6-18)16(21)17(15,8-19)9-20/h2-4,12-13,15,21H,5,7H2,1H3/t12-,13-,15+/m1/s1. The first kappa shape index (κ1) is 15.0. The number of nitrogens with one attached hydrogen (secondary N) is 1. The van der Waals surface area contributed by atoms with Gasteiger partial charge in [0.1, 0.15) is 17.4 Å². The molecule has 1 aromatic heterocycles. The second kappa shape index (κ2) is 5.39. The molecule has 0 amide bonds. The predicted octanol–water partition coefficient (Wildman–Crippen LogP) is 2.45. The zero-order valence-corrected chi connectivity index (χ0v) is 12.5. The molecule has 1 aliphatic heterocycles. The van der Waals surface area contributed by atoms with Crippen LogP contribution >= 0.6 is 0 Å². The minimum atomic E-state index is -1.73. The summed E-state index contributed by atoms with van der Waals surface area (Å²) in [7, 11) is 0. The zero-order chi connectivity index (χ0) is 16.6. The molecule has 0 aromatic carbocycles. The number of aryl methyl sites for hydroxylation is 1. The summed E-state index contributed by atoms with van der Waals surface area (Å²) in [5, 5.41) is 37.3. The summed E-state index contributed by atoms with van der Waals surface area (Å²) in [6.45, 7) is 2.45. The first-order valence-electron chi connectivity index (χ1n) is 7.24. The number of nitriles is 3. The minimum Gasteiger partial charge on any atom is -0.466 e. The average Bonchev–Trinajstić information content (AvgIpc) is 3.00. The van der Waals surface area contributed by atoms with Gasteiger partial charge in [-0.05, 0) is 24.6 Å². The van der Waals surface area contributed by atoms with Gasteiger partial charge in [-0.2, -0.15) is 15.8 Å². The summed E-state index contributed by atoms with van der Waals surface area (Å²) in [4.78, 5) is 0. The van der Waals surface area contributed by atoms with E-state index in [4.69, 9.17) is 14.6 Å². The average molecular weight is 306 g/mol. The molecule has 0 saturated heterocycles. The number of nitrogens with zero attached hydrogens (tertiary/aromatic N) is 3. The Morgan fingerprint density at radius 3 is 2.57 bits per heavy atom. The van der Waals surface area contributed by atoms with Gasteiger partial charge in [0.25, 0.3) is 0 Å². The molecule has 6 heteroatoms. The van der Waals surface area contributed by atoms with E-state index in [1.54, 1.807) is 25.1 Å². The van der Waals surface area contributed by atoms with Crippen molar-refractivity contribution in [3.63, 3.8) is 0 Å². The Hall–Kier alpha value is -2.88. The van der Waals surface area contributed by atoms with Crippen molar-refractivity contribution >= 4 is 5.71 Å². The fourth-order valence-electron chi connectivity index (χ4n) is 3.54. The number of hydrogen-bond acceptors (Lipinski definition) is 6. The third-order valence-corrected chi connectivity index (χ3v) is 4.63. The summed E-state index contributed by atoms with van der Waals surface area (Å²) >= 11 is 0. The highest BCUT2D eigenvalue weighted by Gasteiger charge is 2.58. The van der Waals surface area contributed by atoms with Crippen LogP contribution in [0.15, 0.2) is 28.2 Å². The van der Waals surface area contributed by atoms with E-state index in [1.807, 2.05) is 12.1 Å². The number of rotatable bonds is 1. The van der Waals surface area contributed by atoms with Crippen molar-refractivity contribution in [1.29, 1.82) is 21.2 Å². The lowest BCUT2D eigenvalue weighted by Gasteiger charge is -2.44. The fourth-order valence-corrected chi connectivity index (χ4v) is 3.54. The van der Waals surface area contributed by atoms with Crippen molar-refractivity contribution in [3.05, 3.63) is 35.3 Å². The monoisotopic (exact) mass is 306 g/mol. The third kappa shape index (κ3) is 1.99. The molecule has 0 bridgehead atoms. The van der Waals surface area contributed by atoms with Crippen molar-refractivity contribution in [1.82, 2.24) is 0 Å². The molecular weight excluding hydrogens is 292 g/mol. The summed E-state index contributed by atoms with van der Waals surface area (Å²) in [5.41, 5.74) is -1.15. The zero-order valence-electron chi connectivity index (χ0n) is 12.5. The van der Waals surface area contributed by atoms with Gasteiger partial charge in [0.2, 0.25) is 0 Å². The van der Waals surface area contributed by atoms with Gasteiger partial charge < -0.3 is 14.6 Å². The Labute approximate surface area is 133 Å². The minimum absolute atomic E-state index is 0.173. The third-order valence-electron chi connectivity index (χ3n) is 4.63. The maximum absolute atomic E-state index is 9.73. The molecule has 1 aliphatic carbocycles. The molecule has 114 valence electrons. The van der Waals surface area contributed by atoms with E-state index in [1.165, 1.54) is 0 Å². The second-order valence-electron chi connectivity index (χ2n) is 5.78. The lowest BCUT2D eigenvalue weighted by atomic mass is 9.56. The van der Waals surface area contributed by atoms with Gasteiger partial charge in [0.15, 0.2) is 5.41 Å². The van der Waals surface area contributed by atoms with Crippen molar-refractivity contribution in [3.8, 4) is 18.2 Å². The first-order chi connectivity index (χ1) is 11.1. The first-order valence-corrected chi connectivity index (χ1v) is 7.24. The molecule has 6 nitrogen and oxygen atoms in total. The van der Waals surface area contributed by atoms with Crippen LogP contribution in [-0.4, -0.2) is 18.9 Å². The molecule has 2 aliphatic rings. The summed E-state index contributed by atoms with van der Waals surface area (Å²) in [6.07, 6.45) is 1.79. The molecule has 1 saturated carbocycles. The Morgan fingerprint density at radius 1 is 1.26 bits per heavy atom. The number of furan rings is 1. The Morgan fingerprint density at radius 2 is 2.00 bits per heavy atom. The van der Waals surface area contributed by atoms with Crippen LogP contribution in [-0.2, 0) is 4.74 Å². The lowest BCUT2D eigenvalue weighted by Crippen LogP contribution is -2.50. The highest BCUT2D eigenvalue weighted by atomic mass is 16.5. The summed E-state index contributed by atoms with van der Waals surface area (Å²) in [6, 6.07) is 9.55. The maximum Gasteiger partial charge on any atom is 0.192 e. The Bertz CT molecular complexity index is 801. The van der Waals surface area contributed by atoms with Gasteiger partial charge in [-0.15, -0.1) is 0 Å². The van der Waals surface area contributed by atoms with E-state index in [2.05, 4.69) is 6.07 Å². The van der Waals surface area contributed by atoms with E-state index in [-0.39, 0.29) is 11.6 Å². The molecule has 3 atom stereocenters. The van der Waals surface area contributed by atoms with Crippen LogP contribution in [0.3, 0.4) is 0 Å². The molecule has 0 unspecified atom stereocenters. The molecule has 1 N–H and O–H groups in total. The largest absolute Gasteiger partial charge is 0.466 e. The van der Waals surface area contributed by atoms with Gasteiger partial charge in [-0.25, -0.2) is 0 Å². The molecule has 1 aromatic rings. The smallest absolute Gasteiger partial charge is 0.192 e. The normalized spacial score (nSPS) is 28.7. The molecule has 1 fully saturated rings. The molecule has 3 rings (SSSR count). The fraction of sp³-hybridized carbons (Fsp3) is 0.412. The predicted molar refractivity (Wildman–Crippen MR) is 79.1 cm³/mol. The molecule has 0 spiro atoms. The molecule has 2 heterocycles.